The molecule has 1 aromatic carbocycles. The Morgan fingerprint density at radius 1 is 1.05 bits per heavy atom. The number of rotatable bonds is 3. The van der Waals surface area contributed by atoms with Crippen molar-refractivity contribution in [2.24, 2.45) is 0 Å². The van der Waals surface area contributed by atoms with E-state index >= 15 is 0 Å². The average Bonchev–Trinajstić information content (AvgIpc) is 2.42. The topological polar surface area (TPSA) is 99.4 Å². The van der Waals surface area contributed by atoms with E-state index in [2.05, 4.69) is 0 Å². The highest BCUT2D eigenvalue weighted by atomic mass is 16.7. The fourth-order valence-electron chi connectivity index (χ4n) is 1.92. The van der Waals surface area contributed by atoms with Crippen molar-refractivity contribution in [2.45, 2.75) is 37.6 Å². The molecule has 0 amide bonds. The summed E-state index contributed by atoms with van der Waals surface area (Å²) in [4.78, 5) is 0. The molecule has 6 nitrogen and oxygen atoms in total. The molecular formula is C13H18O6. The van der Waals surface area contributed by atoms with Gasteiger partial charge >= 0.3 is 0 Å². The third kappa shape index (κ3) is 3.05. The van der Waals surface area contributed by atoms with Crippen LogP contribution < -0.4 is 4.74 Å². The number of aryl methyl sites for hydroxylation is 1. The van der Waals surface area contributed by atoms with Gasteiger partial charge in [0.05, 0.1) is 6.61 Å². The maximum atomic E-state index is 9.80. The van der Waals surface area contributed by atoms with E-state index in [0.717, 1.165) is 5.56 Å². The molecule has 1 aliphatic rings. The lowest BCUT2D eigenvalue weighted by molar-refractivity contribution is -0.277. The van der Waals surface area contributed by atoms with Gasteiger partial charge in [0.1, 0.15) is 30.2 Å². The van der Waals surface area contributed by atoms with E-state index < -0.39 is 37.3 Å². The van der Waals surface area contributed by atoms with Gasteiger partial charge in [0.25, 0.3) is 0 Å². The van der Waals surface area contributed by atoms with E-state index in [1.54, 1.807) is 12.1 Å². The lowest BCUT2D eigenvalue weighted by Crippen LogP contribution is -2.60. The van der Waals surface area contributed by atoms with Gasteiger partial charge in [-0.15, -0.1) is 0 Å². The molecule has 106 valence electrons. The molecular weight excluding hydrogens is 252 g/mol. The van der Waals surface area contributed by atoms with Crippen LogP contribution in [0, 0.1) is 6.92 Å². The van der Waals surface area contributed by atoms with Crippen molar-refractivity contribution in [1.29, 1.82) is 0 Å². The fraction of sp³-hybridized carbons (Fsp3) is 0.538. The minimum Gasteiger partial charge on any atom is -0.462 e. The standard InChI is InChI=1S/C13H18O6/c1-7-2-4-8(5-3-7)18-13-12(17)11(16)10(15)9(6-14)19-13/h2-5,9-17H,6H2,1H3/t9-,10-,11-,12-,13-/m1/s1. The number of ether oxygens (including phenoxy) is 2. The minimum absolute atomic E-state index is 0.468. The van der Waals surface area contributed by atoms with Crippen LogP contribution in [0.5, 0.6) is 5.75 Å². The van der Waals surface area contributed by atoms with Crippen LogP contribution in [0.2, 0.25) is 0 Å². The molecule has 1 fully saturated rings. The second-order valence-electron chi connectivity index (χ2n) is 4.63. The van der Waals surface area contributed by atoms with Gasteiger partial charge in [-0.25, -0.2) is 0 Å². The van der Waals surface area contributed by atoms with Gasteiger partial charge < -0.3 is 29.9 Å². The number of hydrogen-bond donors (Lipinski definition) is 4. The second kappa shape index (κ2) is 5.85. The van der Waals surface area contributed by atoms with Crippen molar-refractivity contribution < 1.29 is 29.9 Å². The third-order valence-electron chi connectivity index (χ3n) is 3.12. The van der Waals surface area contributed by atoms with Crippen LogP contribution in [0.25, 0.3) is 0 Å². The Morgan fingerprint density at radius 2 is 1.68 bits per heavy atom. The van der Waals surface area contributed by atoms with Crippen molar-refractivity contribution in [3.8, 4) is 5.75 Å². The number of aliphatic hydroxyl groups excluding tert-OH is 4. The number of hydrogen-bond acceptors (Lipinski definition) is 6. The number of benzene rings is 1. The Bertz CT molecular complexity index is 404. The molecule has 0 radical (unpaired) electrons. The van der Waals surface area contributed by atoms with Crippen LogP contribution in [0.15, 0.2) is 24.3 Å². The highest BCUT2D eigenvalue weighted by molar-refractivity contribution is 5.26. The predicted octanol–water partition coefficient (Wildman–Crippen LogP) is -0.826. The van der Waals surface area contributed by atoms with Gasteiger partial charge in [-0.3, -0.25) is 0 Å². The summed E-state index contributed by atoms with van der Waals surface area (Å²) >= 11 is 0. The Kier molecular flexibility index (Phi) is 4.38. The van der Waals surface area contributed by atoms with Gasteiger partial charge in [-0.05, 0) is 19.1 Å². The molecule has 0 saturated carbocycles. The first-order valence-corrected chi connectivity index (χ1v) is 6.07. The lowest BCUT2D eigenvalue weighted by Gasteiger charge is -2.39. The van der Waals surface area contributed by atoms with E-state index in [4.69, 9.17) is 14.6 Å². The summed E-state index contributed by atoms with van der Waals surface area (Å²) in [6.45, 7) is 1.45. The van der Waals surface area contributed by atoms with E-state index in [1.807, 2.05) is 19.1 Å². The Labute approximate surface area is 110 Å². The molecule has 6 heteroatoms. The Hall–Kier alpha value is -1.18. The molecule has 19 heavy (non-hydrogen) atoms. The lowest BCUT2D eigenvalue weighted by atomic mass is 9.99. The summed E-state index contributed by atoms with van der Waals surface area (Å²) in [6.07, 6.45) is -6.30. The van der Waals surface area contributed by atoms with Crippen LogP contribution in [0.4, 0.5) is 0 Å². The smallest absolute Gasteiger partial charge is 0.229 e. The first-order valence-electron chi connectivity index (χ1n) is 6.07. The molecule has 0 unspecified atom stereocenters. The van der Waals surface area contributed by atoms with Crippen LogP contribution >= 0.6 is 0 Å². The molecule has 0 spiro atoms. The van der Waals surface area contributed by atoms with Gasteiger partial charge in [0.2, 0.25) is 6.29 Å². The number of aliphatic hydroxyl groups is 4. The van der Waals surface area contributed by atoms with E-state index in [9.17, 15) is 15.3 Å². The van der Waals surface area contributed by atoms with Gasteiger partial charge in [0, 0.05) is 0 Å². The molecule has 0 bridgehead atoms. The maximum absolute atomic E-state index is 9.80. The maximum Gasteiger partial charge on any atom is 0.229 e. The molecule has 1 heterocycles. The summed E-state index contributed by atoms with van der Waals surface area (Å²) in [7, 11) is 0. The normalized spacial score (nSPS) is 35.1. The predicted molar refractivity (Wildman–Crippen MR) is 65.6 cm³/mol. The molecule has 0 aliphatic carbocycles. The fourth-order valence-corrected chi connectivity index (χ4v) is 1.92. The minimum atomic E-state index is -1.43. The average molecular weight is 270 g/mol. The zero-order valence-corrected chi connectivity index (χ0v) is 10.5. The zero-order valence-electron chi connectivity index (χ0n) is 10.5. The second-order valence-corrected chi connectivity index (χ2v) is 4.63. The van der Waals surface area contributed by atoms with Gasteiger partial charge in [-0.1, -0.05) is 17.7 Å². The van der Waals surface area contributed by atoms with Crippen LogP contribution in [-0.4, -0.2) is 57.7 Å². The van der Waals surface area contributed by atoms with Crippen molar-refractivity contribution in [2.75, 3.05) is 6.61 Å². The van der Waals surface area contributed by atoms with Crippen molar-refractivity contribution in [1.82, 2.24) is 0 Å². The van der Waals surface area contributed by atoms with Gasteiger partial charge in [0.15, 0.2) is 0 Å². The van der Waals surface area contributed by atoms with Crippen molar-refractivity contribution in [3.05, 3.63) is 29.8 Å². The Balaban J connectivity index is 2.08. The Morgan fingerprint density at radius 3 is 2.26 bits per heavy atom. The summed E-state index contributed by atoms with van der Waals surface area (Å²) in [5, 5.41) is 38.1. The van der Waals surface area contributed by atoms with Crippen molar-refractivity contribution >= 4 is 0 Å². The summed E-state index contributed by atoms with van der Waals surface area (Å²) < 4.78 is 10.7. The first kappa shape index (κ1) is 14.2. The van der Waals surface area contributed by atoms with E-state index in [0.29, 0.717) is 5.75 Å². The monoisotopic (exact) mass is 270 g/mol. The molecule has 1 aliphatic heterocycles. The van der Waals surface area contributed by atoms with E-state index in [1.165, 1.54) is 0 Å². The third-order valence-corrected chi connectivity index (χ3v) is 3.12. The SMILES string of the molecule is Cc1ccc(O[C@@H]2O[C@H](CO)[C@@H](O)[C@@H](O)[C@H]2O)cc1. The van der Waals surface area contributed by atoms with Crippen LogP contribution in [-0.2, 0) is 4.74 Å². The summed E-state index contributed by atoms with van der Waals surface area (Å²) in [5.74, 6) is 0.468. The van der Waals surface area contributed by atoms with Crippen LogP contribution in [0.1, 0.15) is 5.56 Å². The molecule has 2 rings (SSSR count). The molecule has 1 saturated heterocycles. The quantitative estimate of drug-likeness (QED) is 0.572. The molecule has 5 atom stereocenters. The van der Waals surface area contributed by atoms with Gasteiger partial charge in [-0.2, -0.15) is 0 Å². The highest BCUT2D eigenvalue weighted by Gasteiger charge is 2.44. The molecule has 1 aromatic rings. The van der Waals surface area contributed by atoms with E-state index in [-0.39, 0.29) is 0 Å². The molecule has 4 N–H and O–H groups in total. The molecule has 0 aromatic heterocycles. The zero-order chi connectivity index (χ0) is 14.0. The summed E-state index contributed by atoms with van der Waals surface area (Å²) in [6, 6.07) is 7.08. The van der Waals surface area contributed by atoms with Crippen molar-refractivity contribution in [3.63, 3.8) is 0 Å². The largest absolute Gasteiger partial charge is 0.462 e. The summed E-state index contributed by atoms with van der Waals surface area (Å²) in [5.41, 5.74) is 1.06. The first-order chi connectivity index (χ1) is 9.02. The highest BCUT2D eigenvalue weighted by Crippen LogP contribution is 2.24. The van der Waals surface area contributed by atoms with Crippen LogP contribution in [0.3, 0.4) is 0 Å².